The van der Waals surface area contributed by atoms with Crippen molar-refractivity contribution in [3.05, 3.63) is 68.0 Å². The third-order valence-electron chi connectivity index (χ3n) is 5.28. The van der Waals surface area contributed by atoms with Gasteiger partial charge in [0.25, 0.3) is 5.91 Å². The van der Waals surface area contributed by atoms with E-state index in [9.17, 15) is 9.59 Å². The molecule has 3 aromatic rings. The summed E-state index contributed by atoms with van der Waals surface area (Å²) in [5.41, 5.74) is 3.20. The fourth-order valence-electron chi connectivity index (χ4n) is 3.49. The van der Waals surface area contributed by atoms with Crippen molar-refractivity contribution in [1.82, 2.24) is 4.98 Å². The van der Waals surface area contributed by atoms with Gasteiger partial charge in [-0.1, -0.05) is 35.3 Å². The van der Waals surface area contributed by atoms with Crippen molar-refractivity contribution in [3.8, 4) is 17.0 Å². The number of methoxy groups -OCH3 is 1. The third-order valence-corrected chi connectivity index (χ3v) is 6.66. The summed E-state index contributed by atoms with van der Waals surface area (Å²) in [5.74, 6) is -0.783. The van der Waals surface area contributed by atoms with Crippen LogP contribution in [0.15, 0.2) is 41.3 Å². The van der Waals surface area contributed by atoms with Crippen LogP contribution in [0.1, 0.15) is 41.8 Å². The number of carbonyl (C=O) groups is 2. The molecule has 36 heavy (non-hydrogen) atoms. The fourth-order valence-corrected chi connectivity index (χ4v) is 4.79. The van der Waals surface area contributed by atoms with E-state index in [4.69, 9.17) is 37.8 Å². The Morgan fingerprint density at radius 3 is 2.58 bits per heavy atom. The van der Waals surface area contributed by atoms with Crippen LogP contribution in [0.2, 0.25) is 10.0 Å². The van der Waals surface area contributed by atoms with Gasteiger partial charge in [-0.05, 0) is 56.5 Å². The predicted octanol–water partition coefficient (Wildman–Crippen LogP) is 6.83. The second-order valence-corrected chi connectivity index (χ2v) is 9.45. The van der Waals surface area contributed by atoms with Crippen LogP contribution in [0, 0.1) is 0 Å². The number of anilines is 1. The second kappa shape index (κ2) is 12.9. The average Bonchev–Trinajstić information content (AvgIpc) is 3.31. The van der Waals surface area contributed by atoms with Crippen molar-refractivity contribution in [2.75, 3.05) is 25.6 Å². The number of aromatic nitrogens is 1. The van der Waals surface area contributed by atoms with Crippen LogP contribution in [-0.2, 0) is 16.0 Å². The van der Waals surface area contributed by atoms with Crippen molar-refractivity contribution in [3.63, 3.8) is 0 Å². The molecule has 3 rings (SSSR count). The molecule has 2 N–H and O–H groups in total. The second-order valence-electron chi connectivity index (χ2n) is 7.78. The first kappa shape index (κ1) is 27.7. The van der Waals surface area contributed by atoms with Gasteiger partial charge in [-0.3, -0.25) is 10.1 Å². The van der Waals surface area contributed by atoms with E-state index in [1.54, 1.807) is 7.11 Å². The molecule has 0 bridgehead atoms. The van der Waals surface area contributed by atoms with E-state index in [-0.39, 0.29) is 21.2 Å². The molecule has 0 spiro atoms. The maximum Gasteiger partial charge on any atom is 0.331 e. The van der Waals surface area contributed by atoms with Gasteiger partial charge in [-0.2, -0.15) is 0 Å². The standard InChI is InChI=1S/C26H26Cl2N2O5S/c1-4-35-10-6-8-16-7-5-9-18(23(16)34-3)22-14-36-26(29-22)30-24(31)17-12-20(27)19(21(28)13-17)11-15(2)25(32)33/h5,7,9,11-14H,4,6,8,10H2,1-3H3,(H,32,33)(H,29,30,31). The van der Waals surface area contributed by atoms with Crippen molar-refractivity contribution >= 4 is 57.6 Å². The van der Waals surface area contributed by atoms with Crippen LogP contribution >= 0.6 is 34.5 Å². The zero-order chi connectivity index (χ0) is 26.2. The molecule has 0 saturated heterocycles. The van der Waals surface area contributed by atoms with Crippen LogP contribution < -0.4 is 10.1 Å². The molecule has 0 fully saturated rings. The molecular formula is C26H26Cl2N2O5S. The molecule has 0 saturated carbocycles. The monoisotopic (exact) mass is 548 g/mol. The minimum absolute atomic E-state index is 0.0695. The van der Waals surface area contributed by atoms with Crippen molar-refractivity contribution in [2.45, 2.75) is 26.7 Å². The van der Waals surface area contributed by atoms with Gasteiger partial charge in [-0.25, -0.2) is 9.78 Å². The number of nitrogens with one attached hydrogen (secondary N) is 1. The maximum absolute atomic E-state index is 12.8. The van der Waals surface area contributed by atoms with Gasteiger partial charge >= 0.3 is 5.97 Å². The number of hydrogen-bond acceptors (Lipinski definition) is 6. The lowest BCUT2D eigenvalue weighted by Crippen LogP contribution is -2.12. The highest BCUT2D eigenvalue weighted by Crippen LogP contribution is 2.36. The first-order chi connectivity index (χ1) is 17.2. The molecular weight excluding hydrogens is 523 g/mol. The number of halogens is 2. The number of ether oxygens (including phenoxy) is 2. The van der Waals surface area contributed by atoms with E-state index in [1.165, 1.54) is 36.5 Å². The van der Waals surface area contributed by atoms with Gasteiger partial charge in [0, 0.05) is 40.9 Å². The number of nitrogens with zero attached hydrogens (tertiary/aromatic N) is 1. The van der Waals surface area contributed by atoms with E-state index in [0.29, 0.717) is 29.6 Å². The minimum Gasteiger partial charge on any atom is -0.496 e. The van der Waals surface area contributed by atoms with Gasteiger partial charge in [0.1, 0.15) is 5.75 Å². The topological polar surface area (TPSA) is 97.8 Å². The van der Waals surface area contributed by atoms with Crippen molar-refractivity contribution in [2.24, 2.45) is 0 Å². The van der Waals surface area contributed by atoms with E-state index in [0.717, 1.165) is 29.7 Å². The number of amides is 1. The van der Waals surface area contributed by atoms with Crippen molar-refractivity contribution in [1.29, 1.82) is 0 Å². The number of carbonyl (C=O) groups excluding carboxylic acids is 1. The molecule has 1 aromatic heterocycles. The van der Waals surface area contributed by atoms with E-state index >= 15 is 0 Å². The summed E-state index contributed by atoms with van der Waals surface area (Å²) in [6, 6.07) is 8.78. The SMILES string of the molecule is CCOCCCc1cccc(-c2csc(NC(=O)c3cc(Cl)c(C=C(C)C(=O)O)c(Cl)c3)n2)c1OC. The lowest BCUT2D eigenvalue weighted by molar-refractivity contribution is -0.132. The third kappa shape index (κ3) is 6.85. The molecule has 0 unspecified atom stereocenters. The fraction of sp³-hybridized carbons (Fsp3) is 0.269. The number of aryl methyl sites for hydroxylation is 1. The number of para-hydroxylation sites is 1. The van der Waals surface area contributed by atoms with Gasteiger partial charge in [0.2, 0.25) is 0 Å². The summed E-state index contributed by atoms with van der Waals surface area (Å²) in [6.07, 6.45) is 3.05. The quantitative estimate of drug-likeness (QED) is 0.201. The number of benzene rings is 2. The lowest BCUT2D eigenvalue weighted by Gasteiger charge is -2.12. The molecule has 7 nitrogen and oxygen atoms in total. The molecule has 0 atom stereocenters. The average molecular weight is 549 g/mol. The molecule has 2 aromatic carbocycles. The highest BCUT2D eigenvalue weighted by atomic mass is 35.5. The molecule has 0 aliphatic heterocycles. The Bertz CT molecular complexity index is 1270. The summed E-state index contributed by atoms with van der Waals surface area (Å²) in [4.78, 5) is 28.5. The minimum atomic E-state index is -1.09. The van der Waals surface area contributed by atoms with Crippen LogP contribution in [0.5, 0.6) is 5.75 Å². The van der Waals surface area contributed by atoms with Crippen LogP contribution in [-0.4, -0.2) is 42.3 Å². The summed E-state index contributed by atoms with van der Waals surface area (Å²) in [5, 5.41) is 14.4. The van der Waals surface area contributed by atoms with Crippen molar-refractivity contribution < 1.29 is 24.2 Å². The van der Waals surface area contributed by atoms with E-state index in [2.05, 4.69) is 10.3 Å². The normalized spacial score (nSPS) is 11.4. The highest BCUT2D eigenvalue weighted by Gasteiger charge is 2.17. The molecule has 190 valence electrons. The Morgan fingerprint density at radius 2 is 1.94 bits per heavy atom. The van der Waals surface area contributed by atoms with E-state index in [1.807, 2.05) is 30.5 Å². The number of hydrogen-bond donors (Lipinski definition) is 2. The maximum atomic E-state index is 12.8. The smallest absolute Gasteiger partial charge is 0.331 e. The van der Waals surface area contributed by atoms with Crippen LogP contribution in [0.4, 0.5) is 5.13 Å². The van der Waals surface area contributed by atoms with Gasteiger partial charge in [0.05, 0.1) is 22.8 Å². The zero-order valence-corrected chi connectivity index (χ0v) is 22.4. The number of thiazole rings is 1. The molecule has 0 aliphatic carbocycles. The summed E-state index contributed by atoms with van der Waals surface area (Å²) in [6.45, 7) is 4.77. The Hall–Kier alpha value is -2.91. The zero-order valence-electron chi connectivity index (χ0n) is 20.1. The summed E-state index contributed by atoms with van der Waals surface area (Å²) < 4.78 is 11.1. The van der Waals surface area contributed by atoms with Crippen LogP contribution in [0.25, 0.3) is 17.3 Å². The number of carboxylic acid groups (broad SMARTS) is 1. The van der Waals surface area contributed by atoms with Gasteiger partial charge in [0.15, 0.2) is 5.13 Å². The summed E-state index contributed by atoms with van der Waals surface area (Å²) in [7, 11) is 1.63. The Kier molecular flexibility index (Phi) is 9.89. The molecule has 1 heterocycles. The predicted molar refractivity (Wildman–Crippen MR) is 145 cm³/mol. The number of rotatable bonds is 11. The largest absolute Gasteiger partial charge is 0.496 e. The van der Waals surface area contributed by atoms with E-state index < -0.39 is 11.9 Å². The number of aliphatic carboxylic acids is 1. The Morgan fingerprint density at radius 1 is 1.22 bits per heavy atom. The first-order valence-electron chi connectivity index (χ1n) is 11.2. The number of carboxylic acids is 1. The molecule has 0 aliphatic rings. The molecule has 0 radical (unpaired) electrons. The highest BCUT2D eigenvalue weighted by molar-refractivity contribution is 7.14. The van der Waals surface area contributed by atoms with Crippen LogP contribution in [0.3, 0.4) is 0 Å². The summed E-state index contributed by atoms with van der Waals surface area (Å²) >= 11 is 13.8. The van der Waals surface area contributed by atoms with Gasteiger partial charge < -0.3 is 14.6 Å². The lowest BCUT2D eigenvalue weighted by atomic mass is 10.0. The molecule has 1 amide bonds. The Labute approximate surface area is 223 Å². The first-order valence-corrected chi connectivity index (χ1v) is 12.8. The Balaban J connectivity index is 1.79. The molecule has 10 heteroatoms. The van der Waals surface area contributed by atoms with Gasteiger partial charge in [-0.15, -0.1) is 11.3 Å².